The number of hydrogen-bond acceptors (Lipinski definition) is 3. The van der Waals surface area contributed by atoms with Crippen LogP contribution in [0.1, 0.15) is 26.3 Å². The SMILES string of the molecule is CC(C)Oc1ccc(CNC[C@@H](C)O)cc1. The third-order valence-electron chi connectivity index (χ3n) is 2.06. The Kier molecular flexibility index (Phi) is 5.29. The van der Waals surface area contributed by atoms with Crippen molar-refractivity contribution in [2.45, 2.75) is 39.5 Å². The lowest BCUT2D eigenvalue weighted by Crippen LogP contribution is -2.23. The molecule has 0 spiro atoms. The van der Waals surface area contributed by atoms with Crippen LogP contribution in [0.2, 0.25) is 0 Å². The monoisotopic (exact) mass is 223 g/mol. The summed E-state index contributed by atoms with van der Waals surface area (Å²) in [6.07, 6.45) is -0.0947. The fraction of sp³-hybridized carbons (Fsp3) is 0.538. The van der Waals surface area contributed by atoms with Gasteiger partial charge in [0.25, 0.3) is 0 Å². The first-order valence-corrected chi connectivity index (χ1v) is 5.72. The molecule has 0 heterocycles. The molecule has 16 heavy (non-hydrogen) atoms. The third-order valence-corrected chi connectivity index (χ3v) is 2.06. The van der Waals surface area contributed by atoms with E-state index in [9.17, 15) is 0 Å². The van der Waals surface area contributed by atoms with Gasteiger partial charge < -0.3 is 15.2 Å². The van der Waals surface area contributed by atoms with Gasteiger partial charge in [0.15, 0.2) is 0 Å². The largest absolute Gasteiger partial charge is 0.491 e. The Balaban J connectivity index is 2.39. The zero-order chi connectivity index (χ0) is 12.0. The van der Waals surface area contributed by atoms with Crippen LogP contribution in [0.3, 0.4) is 0 Å². The minimum atomic E-state index is -0.302. The molecule has 1 aromatic rings. The van der Waals surface area contributed by atoms with Crippen LogP contribution in [0.25, 0.3) is 0 Å². The maximum atomic E-state index is 9.09. The van der Waals surface area contributed by atoms with E-state index >= 15 is 0 Å². The van der Waals surface area contributed by atoms with Crippen molar-refractivity contribution in [1.29, 1.82) is 0 Å². The summed E-state index contributed by atoms with van der Waals surface area (Å²) in [5.74, 6) is 0.897. The fourth-order valence-corrected chi connectivity index (χ4v) is 1.38. The lowest BCUT2D eigenvalue weighted by molar-refractivity contribution is 0.191. The number of aliphatic hydroxyl groups is 1. The van der Waals surface area contributed by atoms with Gasteiger partial charge in [-0.3, -0.25) is 0 Å². The molecule has 0 aliphatic heterocycles. The first kappa shape index (κ1) is 13.0. The molecule has 0 aliphatic carbocycles. The molecule has 3 heteroatoms. The minimum Gasteiger partial charge on any atom is -0.491 e. The Morgan fingerprint density at radius 1 is 1.19 bits per heavy atom. The molecule has 0 fully saturated rings. The second-order valence-corrected chi connectivity index (χ2v) is 4.29. The number of ether oxygens (including phenoxy) is 1. The predicted octanol–water partition coefficient (Wildman–Crippen LogP) is 1.94. The molecule has 0 aliphatic rings. The molecule has 0 saturated carbocycles. The number of rotatable bonds is 6. The Labute approximate surface area is 97.4 Å². The summed E-state index contributed by atoms with van der Waals surface area (Å²) < 4.78 is 5.55. The van der Waals surface area contributed by atoms with Crippen molar-refractivity contribution >= 4 is 0 Å². The van der Waals surface area contributed by atoms with Crippen molar-refractivity contribution in [3.8, 4) is 5.75 Å². The first-order valence-electron chi connectivity index (χ1n) is 5.72. The Morgan fingerprint density at radius 2 is 1.81 bits per heavy atom. The second-order valence-electron chi connectivity index (χ2n) is 4.29. The lowest BCUT2D eigenvalue weighted by Gasteiger charge is -2.11. The molecule has 0 radical (unpaired) electrons. The summed E-state index contributed by atoms with van der Waals surface area (Å²) in [7, 11) is 0. The maximum absolute atomic E-state index is 9.09. The van der Waals surface area contributed by atoms with Crippen LogP contribution >= 0.6 is 0 Å². The van der Waals surface area contributed by atoms with Crippen molar-refractivity contribution in [3.05, 3.63) is 29.8 Å². The summed E-state index contributed by atoms with van der Waals surface area (Å²) in [4.78, 5) is 0. The van der Waals surface area contributed by atoms with E-state index in [1.165, 1.54) is 5.56 Å². The van der Waals surface area contributed by atoms with E-state index in [-0.39, 0.29) is 12.2 Å². The summed E-state index contributed by atoms with van der Waals surface area (Å²) >= 11 is 0. The highest BCUT2D eigenvalue weighted by Crippen LogP contribution is 2.13. The van der Waals surface area contributed by atoms with Gasteiger partial charge in [0.2, 0.25) is 0 Å². The molecular weight excluding hydrogens is 202 g/mol. The first-order chi connectivity index (χ1) is 7.58. The summed E-state index contributed by atoms with van der Waals surface area (Å²) in [5.41, 5.74) is 1.19. The highest BCUT2D eigenvalue weighted by molar-refractivity contribution is 5.27. The molecule has 0 aromatic heterocycles. The molecule has 90 valence electrons. The number of hydrogen-bond donors (Lipinski definition) is 2. The van der Waals surface area contributed by atoms with Crippen LogP contribution in [0.15, 0.2) is 24.3 Å². The zero-order valence-electron chi connectivity index (χ0n) is 10.2. The summed E-state index contributed by atoms with van der Waals surface area (Å²) in [6, 6.07) is 8.01. The smallest absolute Gasteiger partial charge is 0.119 e. The van der Waals surface area contributed by atoms with Gasteiger partial charge in [0.1, 0.15) is 5.75 Å². The Bertz CT molecular complexity index is 293. The predicted molar refractivity (Wildman–Crippen MR) is 65.6 cm³/mol. The van der Waals surface area contributed by atoms with Crippen LogP contribution in [0.4, 0.5) is 0 Å². The van der Waals surface area contributed by atoms with E-state index in [0.717, 1.165) is 12.3 Å². The van der Waals surface area contributed by atoms with Gasteiger partial charge in [-0.2, -0.15) is 0 Å². The summed E-state index contributed by atoms with van der Waals surface area (Å²) in [5, 5.41) is 12.3. The topological polar surface area (TPSA) is 41.5 Å². The lowest BCUT2D eigenvalue weighted by atomic mass is 10.2. The van der Waals surface area contributed by atoms with E-state index in [2.05, 4.69) is 5.32 Å². The van der Waals surface area contributed by atoms with Gasteiger partial charge in [-0.05, 0) is 38.5 Å². The second kappa shape index (κ2) is 6.51. The number of benzene rings is 1. The quantitative estimate of drug-likeness (QED) is 0.774. The average Bonchev–Trinajstić information content (AvgIpc) is 2.19. The number of aliphatic hydroxyl groups excluding tert-OH is 1. The molecule has 1 aromatic carbocycles. The van der Waals surface area contributed by atoms with Gasteiger partial charge in [0, 0.05) is 13.1 Å². The maximum Gasteiger partial charge on any atom is 0.119 e. The molecule has 0 unspecified atom stereocenters. The van der Waals surface area contributed by atoms with E-state index in [4.69, 9.17) is 9.84 Å². The van der Waals surface area contributed by atoms with E-state index in [1.54, 1.807) is 6.92 Å². The van der Waals surface area contributed by atoms with Gasteiger partial charge in [-0.1, -0.05) is 12.1 Å². The van der Waals surface area contributed by atoms with Gasteiger partial charge >= 0.3 is 0 Å². The van der Waals surface area contributed by atoms with Crippen molar-refractivity contribution in [2.75, 3.05) is 6.54 Å². The van der Waals surface area contributed by atoms with Crippen LogP contribution in [0, 0.1) is 0 Å². The molecule has 3 nitrogen and oxygen atoms in total. The van der Waals surface area contributed by atoms with Crippen molar-refractivity contribution < 1.29 is 9.84 Å². The molecule has 0 saturated heterocycles. The van der Waals surface area contributed by atoms with Crippen LogP contribution in [-0.4, -0.2) is 23.9 Å². The van der Waals surface area contributed by atoms with E-state index in [0.29, 0.717) is 6.54 Å². The standard InChI is InChI=1S/C13H21NO2/c1-10(2)16-13-6-4-12(5-7-13)9-14-8-11(3)15/h4-7,10-11,14-15H,8-9H2,1-3H3/t11-/m1/s1. The van der Waals surface area contributed by atoms with Gasteiger partial charge in [-0.25, -0.2) is 0 Å². The fourth-order valence-electron chi connectivity index (χ4n) is 1.38. The van der Waals surface area contributed by atoms with Crippen LogP contribution in [-0.2, 0) is 6.54 Å². The summed E-state index contributed by atoms with van der Waals surface area (Å²) in [6.45, 7) is 7.18. The molecule has 1 atom stereocenters. The number of nitrogens with one attached hydrogen (secondary N) is 1. The molecule has 0 bridgehead atoms. The zero-order valence-corrected chi connectivity index (χ0v) is 10.2. The van der Waals surface area contributed by atoms with E-state index in [1.807, 2.05) is 38.1 Å². The molecular formula is C13H21NO2. The van der Waals surface area contributed by atoms with Crippen LogP contribution < -0.4 is 10.1 Å². The van der Waals surface area contributed by atoms with Crippen molar-refractivity contribution in [1.82, 2.24) is 5.32 Å². The van der Waals surface area contributed by atoms with Gasteiger partial charge in [-0.15, -0.1) is 0 Å². The van der Waals surface area contributed by atoms with E-state index < -0.39 is 0 Å². The molecule has 1 rings (SSSR count). The molecule has 0 amide bonds. The molecule has 2 N–H and O–H groups in total. The minimum absolute atomic E-state index is 0.208. The third kappa shape index (κ3) is 5.14. The Morgan fingerprint density at radius 3 is 2.31 bits per heavy atom. The highest BCUT2D eigenvalue weighted by atomic mass is 16.5. The highest BCUT2D eigenvalue weighted by Gasteiger charge is 1.99. The van der Waals surface area contributed by atoms with Crippen molar-refractivity contribution in [2.24, 2.45) is 0 Å². The average molecular weight is 223 g/mol. The Hall–Kier alpha value is -1.06. The normalized spacial score (nSPS) is 12.8. The van der Waals surface area contributed by atoms with Crippen molar-refractivity contribution in [3.63, 3.8) is 0 Å². The van der Waals surface area contributed by atoms with Gasteiger partial charge in [0.05, 0.1) is 12.2 Å². The van der Waals surface area contributed by atoms with Crippen LogP contribution in [0.5, 0.6) is 5.75 Å².